The largest absolute Gasteiger partial charge is 0.328 e. The Morgan fingerprint density at radius 3 is 2.74 bits per heavy atom. The molecule has 0 aliphatic heterocycles. The molecular weight excluding hydrogens is 263 g/mol. The molecule has 102 valence electrons. The van der Waals surface area contributed by atoms with E-state index in [1.54, 1.807) is 6.07 Å². The van der Waals surface area contributed by atoms with Gasteiger partial charge in [0.1, 0.15) is 11.6 Å². The molecule has 1 aromatic carbocycles. The Hall–Kier alpha value is -1.40. The van der Waals surface area contributed by atoms with Gasteiger partial charge in [0.2, 0.25) is 0 Å². The van der Waals surface area contributed by atoms with Crippen LogP contribution in [0.4, 0.5) is 4.39 Å². The van der Waals surface area contributed by atoms with E-state index in [0.717, 1.165) is 15.9 Å². The second-order valence-corrected chi connectivity index (χ2v) is 5.60. The van der Waals surface area contributed by atoms with Gasteiger partial charge in [0.15, 0.2) is 5.16 Å². The van der Waals surface area contributed by atoms with Gasteiger partial charge in [-0.3, -0.25) is 0 Å². The highest BCUT2D eigenvalue weighted by Crippen LogP contribution is 2.31. The smallest absolute Gasteiger partial charge is 0.195 e. The maximum atomic E-state index is 13.9. The predicted molar refractivity (Wildman–Crippen MR) is 73.6 cm³/mol. The Labute approximate surface area is 116 Å². The van der Waals surface area contributed by atoms with Crippen molar-refractivity contribution in [3.05, 3.63) is 35.4 Å². The average molecular weight is 280 g/mol. The van der Waals surface area contributed by atoms with Crippen LogP contribution in [0, 0.1) is 12.7 Å². The maximum Gasteiger partial charge on any atom is 0.195 e. The molecule has 0 spiro atoms. The van der Waals surface area contributed by atoms with E-state index >= 15 is 0 Å². The van der Waals surface area contributed by atoms with E-state index in [2.05, 4.69) is 10.2 Å². The van der Waals surface area contributed by atoms with Gasteiger partial charge in [-0.15, -0.1) is 10.2 Å². The number of nitrogens with two attached hydrogens (primary N) is 1. The molecule has 0 radical (unpaired) electrons. The topological polar surface area (TPSA) is 56.7 Å². The van der Waals surface area contributed by atoms with Gasteiger partial charge in [0.05, 0.1) is 0 Å². The van der Waals surface area contributed by atoms with Gasteiger partial charge < -0.3 is 10.3 Å². The number of nitrogens with zero attached hydrogens (tertiary/aromatic N) is 3. The van der Waals surface area contributed by atoms with Crippen molar-refractivity contribution in [3.63, 3.8) is 0 Å². The van der Waals surface area contributed by atoms with E-state index in [0.29, 0.717) is 12.0 Å². The van der Waals surface area contributed by atoms with Crippen LogP contribution in [-0.2, 0) is 13.5 Å². The summed E-state index contributed by atoms with van der Waals surface area (Å²) in [6.07, 6.45) is 0.506. The van der Waals surface area contributed by atoms with E-state index in [4.69, 9.17) is 5.73 Å². The van der Waals surface area contributed by atoms with Gasteiger partial charge >= 0.3 is 0 Å². The minimum atomic E-state index is -0.221. The van der Waals surface area contributed by atoms with E-state index in [1.165, 1.54) is 17.8 Å². The molecule has 2 N–H and O–H groups in total. The third kappa shape index (κ3) is 3.13. The van der Waals surface area contributed by atoms with Crippen LogP contribution in [0.15, 0.2) is 28.3 Å². The summed E-state index contributed by atoms with van der Waals surface area (Å²) in [5.74, 6) is 0.605. The summed E-state index contributed by atoms with van der Waals surface area (Å²) in [5, 5.41) is 8.83. The highest BCUT2D eigenvalue weighted by molar-refractivity contribution is 7.99. The first-order valence-electron chi connectivity index (χ1n) is 6.06. The van der Waals surface area contributed by atoms with Gasteiger partial charge in [0.25, 0.3) is 0 Å². The molecule has 1 unspecified atom stereocenters. The van der Waals surface area contributed by atoms with Gasteiger partial charge in [-0.05, 0) is 44.2 Å². The van der Waals surface area contributed by atoms with Crippen molar-refractivity contribution in [3.8, 4) is 0 Å². The van der Waals surface area contributed by atoms with Crippen LogP contribution in [0.2, 0.25) is 0 Å². The van der Waals surface area contributed by atoms with Gasteiger partial charge in [-0.25, -0.2) is 4.39 Å². The third-order valence-corrected chi connectivity index (χ3v) is 4.00. The standard InChI is InChI=1S/C13H17FN4S/c1-8(15)7-10-11(14)5-4-6-12(10)19-13-17-16-9(2)18(13)3/h4-6,8H,7,15H2,1-3H3. The van der Waals surface area contributed by atoms with Crippen LogP contribution in [0.1, 0.15) is 18.3 Å². The number of halogens is 1. The monoisotopic (exact) mass is 280 g/mol. The Morgan fingerprint density at radius 2 is 2.16 bits per heavy atom. The lowest BCUT2D eigenvalue weighted by Crippen LogP contribution is -2.19. The summed E-state index contributed by atoms with van der Waals surface area (Å²) in [6.45, 7) is 3.75. The van der Waals surface area contributed by atoms with E-state index in [9.17, 15) is 4.39 Å². The van der Waals surface area contributed by atoms with Crippen molar-refractivity contribution in [1.29, 1.82) is 0 Å². The zero-order chi connectivity index (χ0) is 14.0. The fourth-order valence-corrected chi connectivity index (χ4v) is 2.73. The van der Waals surface area contributed by atoms with Crippen molar-refractivity contribution in [1.82, 2.24) is 14.8 Å². The summed E-state index contributed by atoms with van der Waals surface area (Å²) in [7, 11) is 1.89. The van der Waals surface area contributed by atoms with Gasteiger partial charge in [-0.1, -0.05) is 6.07 Å². The Bertz CT molecular complexity index is 580. The van der Waals surface area contributed by atoms with Crippen LogP contribution < -0.4 is 5.73 Å². The first-order valence-corrected chi connectivity index (χ1v) is 6.87. The highest BCUT2D eigenvalue weighted by atomic mass is 32.2. The number of rotatable bonds is 4. The number of benzene rings is 1. The first kappa shape index (κ1) is 14.0. The van der Waals surface area contributed by atoms with E-state index < -0.39 is 0 Å². The molecule has 2 aromatic rings. The second-order valence-electron chi connectivity index (χ2n) is 4.59. The molecule has 0 amide bonds. The van der Waals surface area contributed by atoms with Crippen molar-refractivity contribution < 1.29 is 4.39 Å². The quantitative estimate of drug-likeness (QED) is 0.933. The summed E-state index contributed by atoms with van der Waals surface area (Å²) in [5.41, 5.74) is 6.42. The molecule has 1 heterocycles. The molecule has 0 aliphatic rings. The van der Waals surface area contributed by atoms with Crippen LogP contribution in [0.5, 0.6) is 0 Å². The predicted octanol–water partition coefficient (Wildman–Crippen LogP) is 2.30. The number of aromatic nitrogens is 3. The molecule has 0 aliphatic carbocycles. The normalized spacial score (nSPS) is 12.7. The molecule has 6 heteroatoms. The molecule has 0 bridgehead atoms. The maximum absolute atomic E-state index is 13.9. The summed E-state index contributed by atoms with van der Waals surface area (Å²) in [6, 6.07) is 4.96. The van der Waals surface area contributed by atoms with Crippen LogP contribution in [0.25, 0.3) is 0 Å². The SMILES string of the molecule is Cc1nnc(Sc2cccc(F)c2CC(C)N)n1C. The molecule has 0 fully saturated rings. The lowest BCUT2D eigenvalue weighted by molar-refractivity contribution is 0.588. The van der Waals surface area contributed by atoms with E-state index in [-0.39, 0.29) is 11.9 Å². The van der Waals surface area contributed by atoms with E-state index in [1.807, 2.05) is 31.5 Å². The van der Waals surface area contributed by atoms with Crippen molar-refractivity contribution in [2.45, 2.75) is 36.4 Å². The molecule has 0 saturated heterocycles. The Kier molecular flexibility index (Phi) is 4.21. The third-order valence-electron chi connectivity index (χ3n) is 2.86. The highest BCUT2D eigenvalue weighted by Gasteiger charge is 2.14. The molecule has 19 heavy (non-hydrogen) atoms. The summed E-state index contributed by atoms with van der Waals surface area (Å²) in [4.78, 5) is 0.841. The number of aryl methyl sites for hydroxylation is 1. The van der Waals surface area contributed by atoms with Crippen LogP contribution >= 0.6 is 11.8 Å². The Balaban J connectivity index is 2.34. The second kappa shape index (κ2) is 5.71. The molecule has 4 nitrogen and oxygen atoms in total. The summed E-state index contributed by atoms with van der Waals surface area (Å²) >= 11 is 1.41. The first-order chi connectivity index (χ1) is 8.99. The average Bonchev–Trinajstić information content (AvgIpc) is 2.65. The van der Waals surface area contributed by atoms with Crippen LogP contribution in [0.3, 0.4) is 0 Å². The molecule has 2 rings (SSSR count). The molecule has 0 saturated carbocycles. The summed E-state index contributed by atoms with van der Waals surface area (Å²) < 4.78 is 15.8. The zero-order valence-electron chi connectivity index (χ0n) is 11.2. The zero-order valence-corrected chi connectivity index (χ0v) is 12.0. The van der Waals surface area contributed by atoms with Crippen LogP contribution in [-0.4, -0.2) is 20.8 Å². The fraction of sp³-hybridized carbons (Fsp3) is 0.385. The number of hydrogen-bond donors (Lipinski definition) is 1. The van der Waals surface area contributed by atoms with Crippen molar-refractivity contribution >= 4 is 11.8 Å². The van der Waals surface area contributed by atoms with Gasteiger partial charge in [-0.2, -0.15) is 0 Å². The van der Waals surface area contributed by atoms with Gasteiger partial charge in [0, 0.05) is 23.5 Å². The molecular formula is C13H17FN4S. The lowest BCUT2D eigenvalue weighted by Gasteiger charge is -2.12. The Morgan fingerprint density at radius 1 is 1.42 bits per heavy atom. The van der Waals surface area contributed by atoms with Crippen molar-refractivity contribution in [2.24, 2.45) is 12.8 Å². The number of hydrogen-bond acceptors (Lipinski definition) is 4. The fourth-order valence-electron chi connectivity index (χ4n) is 1.73. The minimum absolute atomic E-state index is 0.0857. The molecule has 1 atom stereocenters. The lowest BCUT2D eigenvalue weighted by atomic mass is 10.1. The minimum Gasteiger partial charge on any atom is -0.328 e. The van der Waals surface area contributed by atoms with Crippen molar-refractivity contribution in [2.75, 3.05) is 0 Å². The molecule has 1 aromatic heterocycles.